The zero-order chi connectivity index (χ0) is 11.3. The zero-order valence-electron chi connectivity index (χ0n) is 8.82. The molecule has 1 aromatic rings. The molecule has 0 radical (unpaired) electrons. The predicted molar refractivity (Wildman–Crippen MR) is 61.1 cm³/mol. The average molecular weight is 202 g/mol. The molecule has 0 saturated carbocycles. The molecule has 2 nitrogen and oxygen atoms in total. The lowest BCUT2D eigenvalue weighted by atomic mass is 10.1. The van der Waals surface area contributed by atoms with Gasteiger partial charge < -0.3 is 4.74 Å². The number of hydrogen-bond acceptors (Lipinski definition) is 2. The molecule has 1 aromatic carbocycles. The summed E-state index contributed by atoms with van der Waals surface area (Å²) in [7, 11) is 0. The van der Waals surface area contributed by atoms with E-state index < -0.39 is 0 Å². The highest BCUT2D eigenvalue weighted by Crippen LogP contribution is 2.07. The molecule has 0 aliphatic rings. The normalized spacial score (nSPS) is 9.40. The van der Waals surface area contributed by atoms with E-state index in [4.69, 9.17) is 4.74 Å². The van der Waals surface area contributed by atoms with E-state index in [0.717, 1.165) is 11.1 Å². The van der Waals surface area contributed by atoms with E-state index in [0.29, 0.717) is 5.57 Å². The molecule has 0 atom stereocenters. The number of benzene rings is 1. The molecule has 0 bridgehead atoms. The van der Waals surface area contributed by atoms with Crippen molar-refractivity contribution in [2.75, 3.05) is 0 Å². The maximum Gasteiger partial charge on any atom is 0.333 e. The molecule has 0 aliphatic heterocycles. The Morgan fingerprint density at radius 3 is 2.47 bits per heavy atom. The van der Waals surface area contributed by atoms with E-state index in [9.17, 15) is 4.79 Å². The summed E-state index contributed by atoms with van der Waals surface area (Å²) >= 11 is 0. The van der Waals surface area contributed by atoms with Gasteiger partial charge in [-0.3, -0.25) is 0 Å². The highest BCUT2D eigenvalue weighted by Gasteiger charge is 2.02. The maximum absolute atomic E-state index is 11.1. The summed E-state index contributed by atoms with van der Waals surface area (Å²) in [6.07, 6.45) is 1.77. The molecule has 0 spiro atoms. The first-order valence-corrected chi connectivity index (χ1v) is 4.67. The van der Waals surface area contributed by atoms with E-state index in [1.54, 1.807) is 13.0 Å². The number of carbonyl (C=O) groups is 1. The van der Waals surface area contributed by atoms with Crippen LogP contribution in [0.15, 0.2) is 43.0 Å². The van der Waals surface area contributed by atoms with Crippen molar-refractivity contribution in [3.8, 4) is 0 Å². The van der Waals surface area contributed by atoms with Crippen LogP contribution in [0, 0.1) is 0 Å². The van der Waals surface area contributed by atoms with Crippen LogP contribution in [-0.4, -0.2) is 5.97 Å². The zero-order valence-corrected chi connectivity index (χ0v) is 8.82. The monoisotopic (exact) mass is 202 g/mol. The Labute approximate surface area is 89.9 Å². The molecule has 0 saturated heterocycles. The van der Waals surface area contributed by atoms with Gasteiger partial charge in [0.2, 0.25) is 0 Å². The fraction of sp³-hybridized carbons (Fsp3) is 0.154. The minimum atomic E-state index is -0.359. The van der Waals surface area contributed by atoms with Crippen LogP contribution in [0.3, 0.4) is 0 Å². The summed E-state index contributed by atoms with van der Waals surface area (Å²) in [6, 6.07) is 7.67. The average Bonchev–Trinajstić information content (AvgIpc) is 2.26. The second-order valence-corrected chi connectivity index (χ2v) is 3.30. The molecule has 2 heteroatoms. The Kier molecular flexibility index (Phi) is 3.86. The van der Waals surface area contributed by atoms with Gasteiger partial charge in [-0.2, -0.15) is 0 Å². The van der Waals surface area contributed by atoms with Crippen LogP contribution < -0.4 is 0 Å². The van der Waals surface area contributed by atoms with E-state index >= 15 is 0 Å². The highest BCUT2D eigenvalue weighted by molar-refractivity contribution is 5.86. The maximum atomic E-state index is 11.1. The van der Waals surface area contributed by atoms with Gasteiger partial charge in [-0.25, -0.2) is 4.79 Å². The first-order valence-electron chi connectivity index (χ1n) is 4.67. The summed E-state index contributed by atoms with van der Waals surface area (Å²) in [5.74, 6) is -0.359. The van der Waals surface area contributed by atoms with E-state index in [-0.39, 0.29) is 12.6 Å². The van der Waals surface area contributed by atoms with Gasteiger partial charge in [0, 0.05) is 5.57 Å². The molecule has 0 N–H and O–H groups in total. The Hall–Kier alpha value is -1.83. The molecule has 0 aromatic heterocycles. The SMILES string of the molecule is C=Cc1ccc(COC(=O)C(=C)C)cc1. The van der Waals surface area contributed by atoms with Crippen LogP contribution in [-0.2, 0) is 16.1 Å². The van der Waals surface area contributed by atoms with Crippen molar-refractivity contribution in [3.05, 3.63) is 54.1 Å². The van der Waals surface area contributed by atoms with Crippen LogP contribution in [0.2, 0.25) is 0 Å². The van der Waals surface area contributed by atoms with Crippen LogP contribution in [0.5, 0.6) is 0 Å². The van der Waals surface area contributed by atoms with Crippen LogP contribution in [0.4, 0.5) is 0 Å². The number of rotatable bonds is 4. The van der Waals surface area contributed by atoms with Crippen molar-refractivity contribution in [1.29, 1.82) is 0 Å². The number of hydrogen-bond donors (Lipinski definition) is 0. The van der Waals surface area contributed by atoms with Crippen molar-refractivity contribution in [2.45, 2.75) is 13.5 Å². The Morgan fingerprint density at radius 2 is 2.00 bits per heavy atom. The van der Waals surface area contributed by atoms with Crippen molar-refractivity contribution < 1.29 is 9.53 Å². The van der Waals surface area contributed by atoms with Crippen molar-refractivity contribution >= 4 is 12.0 Å². The molecule has 0 fully saturated rings. The lowest BCUT2D eigenvalue weighted by molar-refractivity contribution is -0.140. The molecule has 0 amide bonds. The lowest BCUT2D eigenvalue weighted by Crippen LogP contribution is -2.04. The van der Waals surface area contributed by atoms with Crippen LogP contribution >= 0.6 is 0 Å². The molecule has 1 rings (SSSR count). The van der Waals surface area contributed by atoms with Gasteiger partial charge in [0.15, 0.2) is 0 Å². The van der Waals surface area contributed by atoms with E-state index in [1.807, 2.05) is 24.3 Å². The van der Waals surface area contributed by atoms with Crippen LogP contribution in [0.25, 0.3) is 6.08 Å². The Morgan fingerprint density at radius 1 is 1.40 bits per heavy atom. The van der Waals surface area contributed by atoms with Gasteiger partial charge in [-0.05, 0) is 18.1 Å². The number of esters is 1. The summed E-state index contributed by atoms with van der Waals surface area (Å²) in [4.78, 5) is 11.1. The summed E-state index contributed by atoms with van der Waals surface area (Å²) in [6.45, 7) is 9.08. The first-order chi connectivity index (χ1) is 7.13. The second-order valence-electron chi connectivity index (χ2n) is 3.30. The van der Waals surface area contributed by atoms with Crippen LogP contribution in [0.1, 0.15) is 18.1 Å². The molecule has 0 heterocycles. The first kappa shape index (κ1) is 11.2. The third-order valence-corrected chi connectivity index (χ3v) is 1.93. The molecular formula is C13H14O2. The highest BCUT2D eigenvalue weighted by atomic mass is 16.5. The van der Waals surface area contributed by atoms with E-state index in [2.05, 4.69) is 13.2 Å². The standard InChI is InChI=1S/C13H14O2/c1-4-11-5-7-12(8-6-11)9-15-13(14)10(2)3/h4-8H,1-2,9H2,3H3. The van der Waals surface area contributed by atoms with Crippen molar-refractivity contribution in [2.24, 2.45) is 0 Å². The number of carbonyl (C=O) groups excluding carboxylic acids is 1. The Bertz CT molecular complexity index is 374. The largest absolute Gasteiger partial charge is 0.457 e. The molecule has 0 aliphatic carbocycles. The third-order valence-electron chi connectivity index (χ3n) is 1.93. The predicted octanol–water partition coefficient (Wildman–Crippen LogP) is 2.95. The minimum absolute atomic E-state index is 0.281. The van der Waals surface area contributed by atoms with Gasteiger partial charge in [0.05, 0.1) is 0 Å². The van der Waals surface area contributed by atoms with Gasteiger partial charge in [0.25, 0.3) is 0 Å². The van der Waals surface area contributed by atoms with Gasteiger partial charge in [-0.15, -0.1) is 0 Å². The molecule has 0 unspecified atom stereocenters. The third kappa shape index (κ3) is 3.43. The summed E-state index contributed by atoms with van der Waals surface area (Å²) < 4.78 is 5.00. The van der Waals surface area contributed by atoms with E-state index in [1.165, 1.54) is 0 Å². The van der Waals surface area contributed by atoms with Gasteiger partial charge >= 0.3 is 5.97 Å². The van der Waals surface area contributed by atoms with Gasteiger partial charge in [0.1, 0.15) is 6.61 Å². The van der Waals surface area contributed by atoms with Crippen molar-refractivity contribution in [1.82, 2.24) is 0 Å². The lowest BCUT2D eigenvalue weighted by Gasteiger charge is -2.04. The topological polar surface area (TPSA) is 26.3 Å². The Balaban J connectivity index is 2.54. The molecule has 15 heavy (non-hydrogen) atoms. The number of ether oxygens (including phenoxy) is 1. The fourth-order valence-corrected chi connectivity index (χ4v) is 1.02. The second kappa shape index (κ2) is 5.15. The summed E-state index contributed by atoms with van der Waals surface area (Å²) in [5, 5.41) is 0. The molecular weight excluding hydrogens is 188 g/mol. The van der Waals surface area contributed by atoms with Gasteiger partial charge in [-0.1, -0.05) is 43.5 Å². The quantitative estimate of drug-likeness (QED) is 0.554. The fourth-order valence-electron chi connectivity index (χ4n) is 1.02. The smallest absolute Gasteiger partial charge is 0.333 e. The minimum Gasteiger partial charge on any atom is -0.457 e. The molecule has 78 valence electrons. The van der Waals surface area contributed by atoms with Crippen molar-refractivity contribution in [3.63, 3.8) is 0 Å². The summed E-state index contributed by atoms with van der Waals surface area (Å²) in [5.41, 5.74) is 2.41.